The highest BCUT2D eigenvalue weighted by molar-refractivity contribution is 6.17. The minimum absolute atomic E-state index is 0.452. The Morgan fingerprint density at radius 1 is 1.30 bits per heavy atom. The predicted octanol–water partition coefficient (Wildman–Crippen LogP) is 4.18. The van der Waals surface area contributed by atoms with Crippen molar-refractivity contribution < 1.29 is 0 Å². The molecule has 0 spiro atoms. The summed E-state index contributed by atoms with van der Waals surface area (Å²) < 4.78 is 0. The predicted molar refractivity (Wildman–Crippen MR) is 82.2 cm³/mol. The van der Waals surface area contributed by atoms with E-state index in [0.29, 0.717) is 18.8 Å². The second-order valence-corrected chi connectivity index (χ2v) is 4.78. The fourth-order valence-corrected chi connectivity index (χ4v) is 2.25. The summed E-state index contributed by atoms with van der Waals surface area (Å²) in [6.07, 6.45) is 2.24. The first kappa shape index (κ1) is 14.4. The van der Waals surface area contributed by atoms with Crippen LogP contribution in [0.15, 0.2) is 42.6 Å². The van der Waals surface area contributed by atoms with Crippen molar-refractivity contribution in [2.45, 2.75) is 19.2 Å². The highest BCUT2D eigenvalue weighted by Gasteiger charge is 2.13. The minimum Gasteiger partial charge on any atom is -0.325 e. The third-order valence-corrected chi connectivity index (χ3v) is 3.34. The van der Waals surface area contributed by atoms with E-state index in [2.05, 4.69) is 16.0 Å². The number of alkyl halides is 1. The molecule has 3 nitrogen and oxygen atoms in total. The van der Waals surface area contributed by atoms with Gasteiger partial charge in [0.15, 0.2) is 0 Å². The molecule has 2 aromatic rings. The third kappa shape index (κ3) is 3.28. The standard InChI is InChI=1S/C16H16ClN3/c1-13-10-14(11-17)12-19-16(13)20(9-5-8-18)15-6-3-2-4-7-15/h2-4,6-7,10,12H,5,9,11H2,1H3. The van der Waals surface area contributed by atoms with Crippen molar-refractivity contribution in [1.29, 1.82) is 5.26 Å². The Morgan fingerprint density at radius 2 is 2.05 bits per heavy atom. The summed E-state index contributed by atoms with van der Waals surface area (Å²) in [7, 11) is 0. The zero-order valence-corrected chi connectivity index (χ0v) is 12.1. The number of rotatable bonds is 5. The summed E-state index contributed by atoms with van der Waals surface area (Å²) in [6.45, 7) is 2.63. The number of hydrogen-bond donors (Lipinski definition) is 0. The molecule has 1 heterocycles. The lowest BCUT2D eigenvalue weighted by molar-refractivity contribution is 0.918. The van der Waals surface area contributed by atoms with Crippen molar-refractivity contribution in [2.75, 3.05) is 11.4 Å². The van der Waals surface area contributed by atoms with Crippen molar-refractivity contribution in [3.63, 3.8) is 0 Å². The van der Waals surface area contributed by atoms with Crippen LogP contribution in [0, 0.1) is 18.3 Å². The van der Waals surface area contributed by atoms with Crippen molar-refractivity contribution in [2.24, 2.45) is 0 Å². The summed E-state index contributed by atoms with van der Waals surface area (Å²) in [5.41, 5.74) is 3.10. The second-order valence-electron chi connectivity index (χ2n) is 4.51. The van der Waals surface area contributed by atoms with Gasteiger partial charge in [-0.1, -0.05) is 18.2 Å². The van der Waals surface area contributed by atoms with Gasteiger partial charge in [0.05, 0.1) is 12.5 Å². The molecule has 0 saturated carbocycles. The third-order valence-electron chi connectivity index (χ3n) is 3.03. The van der Waals surface area contributed by atoms with Gasteiger partial charge < -0.3 is 4.90 Å². The van der Waals surface area contributed by atoms with Crippen LogP contribution < -0.4 is 4.90 Å². The van der Waals surface area contributed by atoms with E-state index in [-0.39, 0.29) is 0 Å². The zero-order valence-electron chi connectivity index (χ0n) is 11.4. The largest absolute Gasteiger partial charge is 0.325 e. The van der Waals surface area contributed by atoms with E-state index >= 15 is 0 Å². The molecule has 0 unspecified atom stereocenters. The van der Waals surface area contributed by atoms with Gasteiger partial charge in [0.25, 0.3) is 0 Å². The molecule has 0 atom stereocenters. The molecule has 1 aromatic carbocycles. The summed E-state index contributed by atoms with van der Waals surface area (Å²) in [6, 6.07) is 14.2. The molecule has 0 aliphatic heterocycles. The van der Waals surface area contributed by atoms with Gasteiger partial charge in [0.2, 0.25) is 0 Å². The van der Waals surface area contributed by atoms with Crippen LogP contribution in [0.5, 0.6) is 0 Å². The molecule has 1 aromatic heterocycles. The number of halogens is 1. The van der Waals surface area contributed by atoms with Crippen molar-refractivity contribution >= 4 is 23.1 Å². The van der Waals surface area contributed by atoms with Gasteiger partial charge in [-0.15, -0.1) is 11.6 Å². The van der Waals surface area contributed by atoms with Crippen LogP contribution in [-0.2, 0) is 5.88 Å². The summed E-state index contributed by atoms with van der Waals surface area (Å²) in [4.78, 5) is 6.58. The molecular weight excluding hydrogens is 270 g/mol. The lowest BCUT2D eigenvalue weighted by atomic mass is 10.2. The SMILES string of the molecule is Cc1cc(CCl)cnc1N(CCC#N)c1ccccc1. The number of hydrogen-bond acceptors (Lipinski definition) is 3. The molecule has 0 amide bonds. The van der Waals surface area contributed by atoms with Crippen LogP contribution >= 0.6 is 11.6 Å². The Hall–Kier alpha value is -2.05. The van der Waals surface area contributed by atoms with Gasteiger partial charge in [0.1, 0.15) is 5.82 Å². The lowest BCUT2D eigenvalue weighted by Gasteiger charge is -2.24. The lowest BCUT2D eigenvalue weighted by Crippen LogP contribution is -2.20. The van der Waals surface area contributed by atoms with Crippen LogP contribution in [0.4, 0.5) is 11.5 Å². The molecule has 0 saturated heterocycles. The second kappa shape index (κ2) is 6.93. The average Bonchev–Trinajstić information content (AvgIpc) is 2.50. The molecule has 20 heavy (non-hydrogen) atoms. The Labute approximate surface area is 124 Å². The highest BCUT2D eigenvalue weighted by atomic mass is 35.5. The van der Waals surface area contributed by atoms with Gasteiger partial charge in [-0.2, -0.15) is 5.26 Å². The van der Waals surface area contributed by atoms with Crippen LogP contribution in [0.3, 0.4) is 0 Å². The van der Waals surface area contributed by atoms with Crippen LogP contribution in [0.1, 0.15) is 17.5 Å². The molecule has 0 aliphatic rings. The van der Waals surface area contributed by atoms with Gasteiger partial charge >= 0.3 is 0 Å². The van der Waals surface area contributed by atoms with Crippen LogP contribution in [0.2, 0.25) is 0 Å². The quantitative estimate of drug-likeness (QED) is 0.774. The number of anilines is 2. The van der Waals surface area contributed by atoms with E-state index in [1.807, 2.05) is 43.3 Å². The van der Waals surface area contributed by atoms with Gasteiger partial charge in [-0.3, -0.25) is 0 Å². The number of aromatic nitrogens is 1. The number of pyridine rings is 1. The van der Waals surface area contributed by atoms with E-state index in [1.54, 1.807) is 6.20 Å². The summed E-state index contributed by atoms with van der Waals surface area (Å²) in [5, 5.41) is 8.85. The zero-order chi connectivity index (χ0) is 14.4. The first-order chi connectivity index (χ1) is 9.76. The molecule has 2 rings (SSSR count). The maximum Gasteiger partial charge on any atom is 0.135 e. The Balaban J connectivity index is 2.39. The van der Waals surface area contributed by atoms with Gasteiger partial charge in [-0.25, -0.2) is 4.98 Å². The number of aryl methyl sites for hydroxylation is 1. The van der Waals surface area contributed by atoms with Crippen LogP contribution in [0.25, 0.3) is 0 Å². The number of benzene rings is 1. The van der Waals surface area contributed by atoms with Crippen LogP contribution in [-0.4, -0.2) is 11.5 Å². The molecular formula is C16H16ClN3. The topological polar surface area (TPSA) is 39.9 Å². The Bertz CT molecular complexity index is 605. The monoisotopic (exact) mass is 285 g/mol. The molecule has 0 radical (unpaired) electrons. The normalized spacial score (nSPS) is 10.1. The number of para-hydroxylation sites is 1. The van der Waals surface area contributed by atoms with Crippen molar-refractivity contribution in [1.82, 2.24) is 4.98 Å². The number of nitrogens with zero attached hydrogens (tertiary/aromatic N) is 3. The molecule has 0 aliphatic carbocycles. The molecule has 0 N–H and O–H groups in total. The van der Waals surface area contributed by atoms with E-state index in [4.69, 9.17) is 16.9 Å². The summed E-state index contributed by atoms with van der Waals surface area (Å²) >= 11 is 5.83. The van der Waals surface area contributed by atoms with E-state index in [1.165, 1.54) is 0 Å². The molecule has 0 fully saturated rings. The first-order valence-corrected chi connectivity index (χ1v) is 7.00. The van der Waals surface area contributed by atoms with Gasteiger partial charge in [-0.05, 0) is 36.2 Å². The molecule has 102 valence electrons. The molecule has 0 bridgehead atoms. The van der Waals surface area contributed by atoms with E-state index < -0.39 is 0 Å². The first-order valence-electron chi connectivity index (χ1n) is 6.47. The number of nitriles is 1. The highest BCUT2D eigenvalue weighted by Crippen LogP contribution is 2.27. The maximum atomic E-state index is 8.85. The van der Waals surface area contributed by atoms with E-state index in [9.17, 15) is 0 Å². The van der Waals surface area contributed by atoms with Crippen molar-refractivity contribution in [3.8, 4) is 6.07 Å². The maximum absolute atomic E-state index is 8.85. The fourth-order valence-electron chi connectivity index (χ4n) is 2.11. The van der Waals surface area contributed by atoms with E-state index in [0.717, 1.165) is 22.6 Å². The fraction of sp³-hybridized carbons (Fsp3) is 0.250. The van der Waals surface area contributed by atoms with Gasteiger partial charge in [0, 0.05) is 24.3 Å². The summed E-state index contributed by atoms with van der Waals surface area (Å²) in [5.74, 6) is 1.33. The minimum atomic E-state index is 0.452. The average molecular weight is 286 g/mol. The van der Waals surface area contributed by atoms with Crippen molar-refractivity contribution in [3.05, 3.63) is 53.7 Å². The smallest absolute Gasteiger partial charge is 0.135 e. The Kier molecular flexibility index (Phi) is 4.97. The Morgan fingerprint density at radius 3 is 2.65 bits per heavy atom. The molecule has 4 heteroatoms.